The number of Topliss-reactive ketones (excluding diaryl/α,β-unsaturated/α-hetero) is 1. The van der Waals surface area contributed by atoms with Gasteiger partial charge >= 0.3 is 5.97 Å². The van der Waals surface area contributed by atoms with Gasteiger partial charge < -0.3 is 9.47 Å². The predicted molar refractivity (Wildman–Crippen MR) is 164 cm³/mol. The first-order valence-corrected chi connectivity index (χ1v) is 16.2. The maximum Gasteiger partial charge on any atom is 0.338 e. The molecule has 5 rings (SSSR count). The van der Waals surface area contributed by atoms with Crippen molar-refractivity contribution in [2.45, 2.75) is 103 Å². The smallest absolute Gasteiger partial charge is 0.338 e. The van der Waals surface area contributed by atoms with Crippen LogP contribution < -0.4 is 4.74 Å². The highest BCUT2D eigenvalue weighted by Crippen LogP contribution is 2.41. The molecule has 230 valence electrons. The second-order valence-corrected chi connectivity index (χ2v) is 12.7. The zero-order valence-electron chi connectivity index (χ0n) is 25.6. The summed E-state index contributed by atoms with van der Waals surface area (Å²) in [6, 6.07) is 12.5. The van der Waals surface area contributed by atoms with Gasteiger partial charge in [-0.2, -0.15) is 0 Å². The summed E-state index contributed by atoms with van der Waals surface area (Å²) in [5.74, 6) is -0.173. The quantitative estimate of drug-likeness (QED) is 0.140. The number of hydrogen-bond acceptors (Lipinski definition) is 6. The molecule has 2 aromatic carbocycles. The van der Waals surface area contributed by atoms with Gasteiger partial charge in [-0.15, -0.1) is 0 Å². The fourth-order valence-electron chi connectivity index (χ4n) is 7.26. The lowest BCUT2D eigenvalue weighted by Crippen LogP contribution is -2.64. The van der Waals surface area contributed by atoms with Crippen LogP contribution in [0.2, 0.25) is 0 Å². The van der Waals surface area contributed by atoms with Crippen molar-refractivity contribution in [3.05, 3.63) is 64.7 Å². The lowest BCUT2D eigenvalue weighted by Gasteiger charge is -2.49. The van der Waals surface area contributed by atoms with Gasteiger partial charge in [-0.3, -0.25) is 19.3 Å². The van der Waals surface area contributed by atoms with Gasteiger partial charge in [0.05, 0.1) is 24.6 Å². The van der Waals surface area contributed by atoms with Crippen molar-refractivity contribution in [1.82, 2.24) is 4.90 Å². The Kier molecular flexibility index (Phi) is 10.3. The van der Waals surface area contributed by atoms with E-state index in [2.05, 4.69) is 0 Å². The maximum absolute atomic E-state index is 13.9. The average molecular weight is 588 g/mol. The first kappa shape index (κ1) is 31.0. The molecule has 0 spiro atoms. The molecular formula is C36H45NO6. The molecular weight excluding hydrogens is 542 g/mol. The molecule has 7 heteroatoms. The Hall–Kier alpha value is -3.48. The zero-order valence-corrected chi connectivity index (χ0v) is 25.6. The highest BCUT2D eigenvalue weighted by Gasteiger charge is 2.51. The summed E-state index contributed by atoms with van der Waals surface area (Å²) in [6.07, 6.45) is 12.3. The Morgan fingerprint density at radius 1 is 0.814 bits per heavy atom. The minimum atomic E-state index is -0.437. The third-order valence-electron chi connectivity index (χ3n) is 9.70. The van der Waals surface area contributed by atoms with Gasteiger partial charge in [0.25, 0.3) is 0 Å². The van der Waals surface area contributed by atoms with Crippen molar-refractivity contribution in [2.75, 3.05) is 7.11 Å². The highest BCUT2D eigenvalue weighted by molar-refractivity contribution is 6.03. The number of ether oxygens (including phenoxy) is 2. The van der Waals surface area contributed by atoms with E-state index in [1.165, 1.54) is 12.8 Å². The number of nitrogens with zero attached hydrogens (tertiary/aromatic N) is 1. The van der Waals surface area contributed by atoms with Gasteiger partial charge in [0, 0.05) is 17.9 Å². The van der Waals surface area contributed by atoms with Crippen LogP contribution in [0.15, 0.2) is 42.5 Å². The van der Waals surface area contributed by atoms with E-state index in [0.29, 0.717) is 23.3 Å². The summed E-state index contributed by atoms with van der Waals surface area (Å²) in [5, 5.41) is 0. The Bertz CT molecular complexity index is 1320. The predicted octanol–water partition coefficient (Wildman–Crippen LogP) is 7.23. The second-order valence-electron chi connectivity index (χ2n) is 12.7. The molecule has 0 aromatic heterocycles. The van der Waals surface area contributed by atoms with E-state index >= 15 is 0 Å². The molecule has 1 heterocycles. The molecule has 1 aliphatic heterocycles. The van der Waals surface area contributed by atoms with Crippen LogP contribution in [0.5, 0.6) is 5.75 Å². The first-order chi connectivity index (χ1) is 20.9. The van der Waals surface area contributed by atoms with E-state index < -0.39 is 5.97 Å². The van der Waals surface area contributed by atoms with Crippen molar-refractivity contribution >= 4 is 23.6 Å². The Morgan fingerprint density at radius 3 is 2.21 bits per heavy atom. The molecule has 2 saturated carbocycles. The summed E-state index contributed by atoms with van der Waals surface area (Å²) < 4.78 is 10.8. The van der Waals surface area contributed by atoms with Gasteiger partial charge in [-0.1, -0.05) is 75.6 Å². The van der Waals surface area contributed by atoms with Crippen LogP contribution in [-0.4, -0.2) is 41.6 Å². The number of imide groups is 1. The SMILES string of the molecule is COc1cc(C)cc(C(=O)OCc2ccc(C(=O)C[C@H]3CCCCCC[C@H]3C(=O)N3C(=O)[C@@H]4CCCCCC[C@@H]43)cc2)c1. The number of hydrogen-bond donors (Lipinski definition) is 0. The van der Waals surface area contributed by atoms with Gasteiger partial charge in [-0.05, 0) is 67.9 Å². The zero-order chi connectivity index (χ0) is 30.3. The second kappa shape index (κ2) is 14.3. The molecule has 7 nitrogen and oxygen atoms in total. The number of carbonyl (C=O) groups is 4. The van der Waals surface area contributed by atoms with Crippen LogP contribution in [0.3, 0.4) is 0 Å². The van der Waals surface area contributed by atoms with E-state index in [1.807, 2.05) is 25.1 Å². The molecule has 3 fully saturated rings. The normalized spacial score (nSPS) is 24.3. The minimum Gasteiger partial charge on any atom is -0.497 e. The summed E-state index contributed by atoms with van der Waals surface area (Å²) in [6.45, 7) is 1.98. The molecule has 4 atom stereocenters. The number of rotatable bonds is 8. The van der Waals surface area contributed by atoms with Gasteiger partial charge in [0.1, 0.15) is 12.4 Å². The Labute approximate surface area is 255 Å². The van der Waals surface area contributed by atoms with E-state index in [9.17, 15) is 19.2 Å². The first-order valence-electron chi connectivity index (χ1n) is 16.2. The molecule has 43 heavy (non-hydrogen) atoms. The van der Waals surface area contributed by atoms with Gasteiger partial charge in [0.15, 0.2) is 5.78 Å². The highest BCUT2D eigenvalue weighted by atomic mass is 16.5. The van der Waals surface area contributed by atoms with Crippen LogP contribution in [0, 0.1) is 24.7 Å². The average Bonchev–Trinajstić information content (AvgIpc) is 2.98. The number of ketones is 1. The van der Waals surface area contributed by atoms with Crippen molar-refractivity contribution in [3.8, 4) is 5.75 Å². The van der Waals surface area contributed by atoms with Crippen molar-refractivity contribution in [2.24, 2.45) is 17.8 Å². The van der Waals surface area contributed by atoms with Crippen molar-refractivity contribution < 1.29 is 28.7 Å². The van der Waals surface area contributed by atoms with Gasteiger partial charge in [-0.25, -0.2) is 4.79 Å². The number of amides is 2. The molecule has 1 saturated heterocycles. The lowest BCUT2D eigenvalue weighted by atomic mass is 9.74. The van der Waals surface area contributed by atoms with Crippen LogP contribution in [0.25, 0.3) is 0 Å². The Morgan fingerprint density at radius 2 is 1.49 bits per heavy atom. The number of benzene rings is 2. The Balaban J connectivity index is 1.21. The van der Waals surface area contributed by atoms with E-state index in [-0.39, 0.29) is 48.0 Å². The molecule has 3 aliphatic rings. The molecule has 0 bridgehead atoms. The van der Waals surface area contributed by atoms with E-state index in [4.69, 9.17) is 9.47 Å². The minimum absolute atomic E-state index is 0.00955. The molecule has 2 aromatic rings. The number of aryl methyl sites for hydroxylation is 1. The lowest BCUT2D eigenvalue weighted by molar-refractivity contribution is -0.171. The summed E-state index contributed by atoms with van der Waals surface area (Å²) in [4.78, 5) is 54.7. The van der Waals surface area contributed by atoms with Crippen LogP contribution in [0.1, 0.15) is 115 Å². The number of carbonyl (C=O) groups excluding carboxylic acids is 4. The molecule has 0 N–H and O–H groups in total. The van der Waals surface area contributed by atoms with Crippen LogP contribution >= 0.6 is 0 Å². The van der Waals surface area contributed by atoms with Gasteiger partial charge in [0.2, 0.25) is 11.8 Å². The molecule has 2 amide bonds. The largest absolute Gasteiger partial charge is 0.497 e. The van der Waals surface area contributed by atoms with E-state index in [1.54, 1.807) is 36.3 Å². The molecule has 2 aliphatic carbocycles. The standard InChI is InChI=1S/C36H45NO6/c1-24-19-28(21-29(20-24)42-2)36(41)43-23-25-15-17-26(18-16-25)33(38)22-27-11-7-3-4-8-12-30(27)34(39)37-32-14-10-6-5-9-13-31(32)35(37)40/h15-21,27,30-32H,3-14,22-23H2,1-2H3/t27-,30-,31-,32+/m1/s1. The number of methoxy groups -OCH3 is 1. The monoisotopic (exact) mass is 587 g/mol. The fourth-order valence-corrected chi connectivity index (χ4v) is 7.26. The number of β-lactam (4-membered cyclic amide) rings is 1. The molecule has 0 unspecified atom stereocenters. The van der Waals surface area contributed by atoms with Crippen LogP contribution in [0.4, 0.5) is 0 Å². The number of esters is 1. The maximum atomic E-state index is 13.9. The third-order valence-corrected chi connectivity index (χ3v) is 9.70. The van der Waals surface area contributed by atoms with Crippen LogP contribution in [-0.2, 0) is 20.9 Å². The van der Waals surface area contributed by atoms with E-state index in [0.717, 1.165) is 75.3 Å². The fraction of sp³-hybridized carbons (Fsp3) is 0.556. The molecule has 0 radical (unpaired) electrons. The number of likely N-dealkylation sites (tertiary alicyclic amines) is 1. The topological polar surface area (TPSA) is 90.0 Å². The summed E-state index contributed by atoms with van der Waals surface area (Å²) in [7, 11) is 1.56. The van der Waals surface area contributed by atoms with Crippen molar-refractivity contribution in [3.63, 3.8) is 0 Å². The van der Waals surface area contributed by atoms with Crippen molar-refractivity contribution in [1.29, 1.82) is 0 Å². The summed E-state index contributed by atoms with van der Waals surface area (Å²) >= 11 is 0. The number of fused-ring (bicyclic) bond motifs is 1. The third kappa shape index (κ3) is 7.36. The summed E-state index contributed by atoms with van der Waals surface area (Å²) in [5.41, 5.74) is 2.71.